The molecule has 0 bridgehead atoms. The van der Waals surface area contributed by atoms with Crippen molar-refractivity contribution in [2.75, 3.05) is 22.3 Å². The summed E-state index contributed by atoms with van der Waals surface area (Å²) in [6.45, 7) is 1.41. The lowest BCUT2D eigenvalue weighted by atomic mass is 10.0. The Hall–Kier alpha value is -2.75. The van der Waals surface area contributed by atoms with Crippen LogP contribution in [0, 0.1) is 0 Å². The molecule has 0 radical (unpaired) electrons. The molecule has 1 amide bonds. The molecule has 1 aromatic carbocycles. The van der Waals surface area contributed by atoms with Crippen LogP contribution >= 0.6 is 0 Å². The van der Waals surface area contributed by atoms with Crippen molar-refractivity contribution >= 4 is 34.6 Å². The van der Waals surface area contributed by atoms with E-state index in [9.17, 15) is 13.6 Å². The van der Waals surface area contributed by atoms with E-state index >= 15 is 0 Å². The van der Waals surface area contributed by atoms with E-state index in [1.165, 1.54) is 10.4 Å². The van der Waals surface area contributed by atoms with Crippen molar-refractivity contribution < 1.29 is 18.8 Å². The Morgan fingerprint density at radius 2 is 2.00 bits per heavy atom. The van der Waals surface area contributed by atoms with Gasteiger partial charge in [-0.3, -0.25) is 23.8 Å². The van der Waals surface area contributed by atoms with Crippen LogP contribution in [0.4, 0.5) is 11.4 Å². The number of rotatable bonds is 6. The fraction of sp³-hybridized carbons (Fsp3) is 0.263. The summed E-state index contributed by atoms with van der Waals surface area (Å²) >= 11 is -2.13. The number of pyridine rings is 1. The molecule has 3 rings (SSSR count). The summed E-state index contributed by atoms with van der Waals surface area (Å²) < 4.78 is 23.2. The Balaban J connectivity index is 1.73. The standard InChI is InChI=1S/C19H22N4O4S/c24-19(21-25)8-7-15-4-1-2-6-18(15)22-12-9-16(10-13-22)23(28(26)27)17-5-3-11-20-14-17/h1-8,11,14,16,25H,9-10,12-13H2,(H,21,24)(H,26,27)/b8-7+. The van der Waals surface area contributed by atoms with E-state index < -0.39 is 17.2 Å². The minimum Gasteiger partial charge on any atom is -0.371 e. The van der Waals surface area contributed by atoms with E-state index in [-0.39, 0.29) is 6.04 Å². The predicted molar refractivity (Wildman–Crippen MR) is 108 cm³/mol. The number of benzene rings is 1. The zero-order valence-corrected chi connectivity index (χ0v) is 16.0. The van der Waals surface area contributed by atoms with Gasteiger partial charge in [-0.1, -0.05) is 18.2 Å². The Labute approximate surface area is 165 Å². The zero-order chi connectivity index (χ0) is 19.9. The van der Waals surface area contributed by atoms with E-state index in [1.54, 1.807) is 36.1 Å². The number of nitrogens with zero attached hydrogens (tertiary/aromatic N) is 3. The van der Waals surface area contributed by atoms with Gasteiger partial charge in [0, 0.05) is 37.1 Å². The average Bonchev–Trinajstić information content (AvgIpc) is 2.73. The maximum absolute atomic E-state index is 11.9. The Kier molecular flexibility index (Phi) is 6.75. The van der Waals surface area contributed by atoms with Gasteiger partial charge in [-0.05, 0) is 42.7 Å². The molecule has 2 heterocycles. The fourth-order valence-electron chi connectivity index (χ4n) is 3.37. The molecule has 0 saturated carbocycles. The first-order valence-corrected chi connectivity index (χ1v) is 9.93. The van der Waals surface area contributed by atoms with Gasteiger partial charge in [0.25, 0.3) is 17.2 Å². The van der Waals surface area contributed by atoms with Crippen molar-refractivity contribution in [1.29, 1.82) is 0 Å². The number of para-hydroxylation sites is 1. The molecule has 3 N–H and O–H groups in total. The Morgan fingerprint density at radius 3 is 2.64 bits per heavy atom. The second kappa shape index (κ2) is 9.45. The fourth-order valence-corrected chi connectivity index (χ4v) is 4.13. The van der Waals surface area contributed by atoms with Gasteiger partial charge in [0.1, 0.15) is 0 Å². The smallest absolute Gasteiger partial charge is 0.267 e. The van der Waals surface area contributed by atoms with E-state index in [4.69, 9.17) is 5.21 Å². The number of amides is 1. The molecule has 1 unspecified atom stereocenters. The zero-order valence-electron chi connectivity index (χ0n) is 15.1. The molecule has 1 aromatic heterocycles. The van der Waals surface area contributed by atoms with Crippen molar-refractivity contribution in [3.05, 3.63) is 60.4 Å². The first-order chi connectivity index (χ1) is 13.6. The molecule has 1 fully saturated rings. The van der Waals surface area contributed by atoms with E-state index in [2.05, 4.69) is 9.88 Å². The van der Waals surface area contributed by atoms with Crippen molar-refractivity contribution in [2.45, 2.75) is 18.9 Å². The maximum atomic E-state index is 11.9. The number of piperidine rings is 1. The molecule has 9 heteroatoms. The topological polar surface area (TPSA) is 106 Å². The normalized spacial score (nSPS) is 16.1. The van der Waals surface area contributed by atoms with Gasteiger partial charge in [-0.25, -0.2) is 9.69 Å². The number of aromatic nitrogens is 1. The minimum atomic E-state index is -2.13. The van der Waals surface area contributed by atoms with Gasteiger partial charge in [0.15, 0.2) is 0 Å². The van der Waals surface area contributed by atoms with Crippen LogP contribution in [0.15, 0.2) is 54.9 Å². The number of carbonyl (C=O) groups is 1. The maximum Gasteiger partial charge on any atom is 0.267 e. The lowest BCUT2D eigenvalue weighted by Crippen LogP contribution is -2.46. The summed E-state index contributed by atoms with van der Waals surface area (Å²) in [5, 5.41) is 8.64. The van der Waals surface area contributed by atoms with Crippen LogP contribution in [0.5, 0.6) is 0 Å². The summed E-state index contributed by atoms with van der Waals surface area (Å²) in [7, 11) is 0. The van der Waals surface area contributed by atoms with E-state index in [0.717, 1.165) is 11.3 Å². The Bertz CT molecular complexity index is 854. The molecular formula is C19H22N4O4S. The molecular weight excluding hydrogens is 380 g/mol. The summed E-state index contributed by atoms with van der Waals surface area (Å²) in [5.41, 5.74) is 4.03. The number of nitrogens with one attached hydrogen (secondary N) is 1. The summed E-state index contributed by atoms with van der Waals surface area (Å²) in [6.07, 6.45) is 7.55. The third-order valence-electron chi connectivity index (χ3n) is 4.67. The van der Waals surface area contributed by atoms with Gasteiger partial charge < -0.3 is 4.90 Å². The average molecular weight is 402 g/mol. The summed E-state index contributed by atoms with van der Waals surface area (Å²) in [6, 6.07) is 11.1. The minimum absolute atomic E-state index is 0.0749. The third kappa shape index (κ3) is 4.75. The molecule has 28 heavy (non-hydrogen) atoms. The summed E-state index contributed by atoms with van der Waals surface area (Å²) in [5.74, 6) is -0.592. The molecule has 2 aromatic rings. The second-order valence-corrected chi connectivity index (χ2v) is 7.21. The number of carbonyl (C=O) groups excluding carboxylic acids is 1. The first kappa shape index (κ1) is 20.0. The number of hydrogen-bond donors (Lipinski definition) is 3. The monoisotopic (exact) mass is 402 g/mol. The first-order valence-electron chi connectivity index (χ1n) is 8.86. The van der Waals surface area contributed by atoms with Gasteiger partial charge in [-0.15, -0.1) is 0 Å². The molecule has 1 atom stereocenters. The van der Waals surface area contributed by atoms with Crippen molar-refractivity contribution in [2.24, 2.45) is 0 Å². The number of hydroxylamine groups is 1. The van der Waals surface area contributed by atoms with Crippen molar-refractivity contribution in [1.82, 2.24) is 10.5 Å². The SMILES string of the molecule is O=C(/C=C/c1ccccc1N1CCC(N(c2cccnc2)S(=O)O)CC1)NO. The highest BCUT2D eigenvalue weighted by Crippen LogP contribution is 2.29. The van der Waals surface area contributed by atoms with Crippen LogP contribution in [0.2, 0.25) is 0 Å². The number of anilines is 2. The van der Waals surface area contributed by atoms with Gasteiger partial charge in [0.2, 0.25) is 0 Å². The lowest BCUT2D eigenvalue weighted by Gasteiger charge is -2.38. The van der Waals surface area contributed by atoms with Crippen LogP contribution in [-0.2, 0) is 16.1 Å². The van der Waals surface area contributed by atoms with E-state index in [1.807, 2.05) is 24.3 Å². The third-order valence-corrected chi connectivity index (χ3v) is 5.51. The molecule has 0 aliphatic carbocycles. The molecule has 1 aliphatic rings. The predicted octanol–water partition coefficient (Wildman–Crippen LogP) is 2.21. The van der Waals surface area contributed by atoms with E-state index in [0.29, 0.717) is 31.6 Å². The highest BCUT2D eigenvalue weighted by atomic mass is 32.2. The van der Waals surface area contributed by atoms with Crippen molar-refractivity contribution in [3.8, 4) is 0 Å². The molecule has 148 valence electrons. The van der Waals surface area contributed by atoms with Gasteiger partial charge >= 0.3 is 0 Å². The van der Waals surface area contributed by atoms with Gasteiger partial charge in [-0.2, -0.15) is 0 Å². The Morgan fingerprint density at radius 1 is 1.25 bits per heavy atom. The van der Waals surface area contributed by atoms with Crippen LogP contribution in [0.25, 0.3) is 6.08 Å². The largest absolute Gasteiger partial charge is 0.371 e. The van der Waals surface area contributed by atoms with Crippen molar-refractivity contribution in [3.63, 3.8) is 0 Å². The molecule has 1 saturated heterocycles. The van der Waals surface area contributed by atoms with Crippen LogP contribution in [0.1, 0.15) is 18.4 Å². The summed E-state index contributed by atoms with van der Waals surface area (Å²) in [4.78, 5) is 17.5. The molecule has 8 nitrogen and oxygen atoms in total. The van der Waals surface area contributed by atoms with Crippen LogP contribution in [0.3, 0.4) is 0 Å². The highest BCUT2D eigenvalue weighted by molar-refractivity contribution is 7.80. The quantitative estimate of drug-likeness (QED) is 0.296. The van der Waals surface area contributed by atoms with Gasteiger partial charge in [0.05, 0.1) is 11.9 Å². The lowest BCUT2D eigenvalue weighted by molar-refractivity contribution is -0.124. The second-order valence-electron chi connectivity index (χ2n) is 6.35. The molecule has 0 spiro atoms. The number of hydrogen-bond acceptors (Lipinski definition) is 5. The highest BCUT2D eigenvalue weighted by Gasteiger charge is 2.28. The van der Waals surface area contributed by atoms with Crippen LogP contribution in [-0.4, -0.2) is 44.0 Å². The molecule has 1 aliphatic heterocycles. The van der Waals surface area contributed by atoms with Crippen LogP contribution < -0.4 is 14.7 Å².